The van der Waals surface area contributed by atoms with Crippen LogP contribution in [0.25, 0.3) is 11.0 Å². The van der Waals surface area contributed by atoms with Gasteiger partial charge in [0.25, 0.3) is 0 Å². The Morgan fingerprint density at radius 3 is 3.17 bits per heavy atom. The van der Waals surface area contributed by atoms with Crippen molar-refractivity contribution in [1.29, 1.82) is 0 Å². The molecule has 0 amide bonds. The van der Waals surface area contributed by atoms with Crippen LogP contribution in [0.1, 0.15) is 31.5 Å². The lowest BCUT2D eigenvalue weighted by atomic mass is 10.0. The summed E-state index contributed by atoms with van der Waals surface area (Å²) in [7, 11) is 0. The number of aromatic nitrogens is 2. The van der Waals surface area contributed by atoms with Crippen LogP contribution in [0.5, 0.6) is 0 Å². The summed E-state index contributed by atoms with van der Waals surface area (Å²) in [4.78, 5) is 7.99. The van der Waals surface area contributed by atoms with E-state index in [-0.39, 0.29) is 0 Å². The minimum atomic E-state index is 0.429. The first-order chi connectivity index (χ1) is 8.81. The number of benzene rings is 1. The van der Waals surface area contributed by atoms with Crippen LogP contribution in [0.2, 0.25) is 0 Å². The van der Waals surface area contributed by atoms with Gasteiger partial charge in [-0.05, 0) is 43.9 Å². The summed E-state index contributed by atoms with van der Waals surface area (Å²) in [6.07, 6.45) is 6.19. The highest BCUT2D eigenvalue weighted by Gasteiger charge is 2.14. The number of nitrogens with zero attached hydrogens (tertiary/aromatic N) is 1. The largest absolute Gasteiger partial charge is 0.378 e. The highest BCUT2D eigenvalue weighted by molar-refractivity contribution is 9.10. The Labute approximate surface area is 115 Å². The second-order valence-corrected chi connectivity index (χ2v) is 5.79. The molecule has 1 fully saturated rings. The summed E-state index contributed by atoms with van der Waals surface area (Å²) in [5.41, 5.74) is 2.14. The van der Waals surface area contributed by atoms with E-state index in [0.29, 0.717) is 6.10 Å². The van der Waals surface area contributed by atoms with Gasteiger partial charge in [-0.25, -0.2) is 4.98 Å². The minimum absolute atomic E-state index is 0.429. The van der Waals surface area contributed by atoms with Gasteiger partial charge in [0.15, 0.2) is 0 Å². The Balaban J connectivity index is 1.67. The molecule has 1 atom stereocenters. The zero-order valence-electron chi connectivity index (χ0n) is 10.3. The summed E-state index contributed by atoms with van der Waals surface area (Å²) in [5.74, 6) is 1.07. The lowest BCUT2D eigenvalue weighted by Gasteiger charge is -2.21. The number of rotatable bonds is 3. The zero-order chi connectivity index (χ0) is 12.4. The quantitative estimate of drug-likeness (QED) is 0.936. The Hall–Kier alpha value is -0.870. The monoisotopic (exact) mass is 308 g/mol. The summed E-state index contributed by atoms with van der Waals surface area (Å²) in [5, 5.41) is 0. The molecule has 1 unspecified atom stereocenters. The molecule has 96 valence electrons. The first kappa shape index (κ1) is 12.2. The number of H-pyrrole nitrogens is 1. The second-order valence-electron chi connectivity index (χ2n) is 4.87. The predicted molar refractivity (Wildman–Crippen MR) is 75.7 cm³/mol. The number of imidazole rings is 1. The third kappa shape index (κ3) is 2.75. The second kappa shape index (κ2) is 5.41. The van der Waals surface area contributed by atoms with Crippen molar-refractivity contribution >= 4 is 27.0 Å². The molecule has 0 spiro atoms. The third-order valence-corrected chi connectivity index (χ3v) is 3.96. The van der Waals surface area contributed by atoms with E-state index in [1.165, 1.54) is 19.3 Å². The molecule has 0 bridgehead atoms. The topological polar surface area (TPSA) is 37.9 Å². The van der Waals surface area contributed by atoms with Gasteiger partial charge in [-0.15, -0.1) is 0 Å². The number of aryl methyl sites for hydroxylation is 1. The smallest absolute Gasteiger partial charge is 0.107 e. The van der Waals surface area contributed by atoms with Gasteiger partial charge in [-0.3, -0.25) is 0 Å². The van der Waals surface area contributed by atoms with Crippen LogP contribution in [-0.2, 0) is 11.2 Å². The van der Waals surface area contributed by atoms with Gasteiger partial charge in [0, 0.05) is 17.5 Å². The lowest BCUT2D eigenvalue weighted by molar-refractivity contribution is 0.0112. The maximum atomic E-state index is 5.74. The van der Waals surface area contributed by atoms with E-state index >= 15 is 0 Å². The molecular formula is C14H17BrN2O. The number of fused-ring (bicyclic) bond motifs is 1. The van der Waals surface area contributed by atoms with Gasteiger partial charge in [0.1, 0.15) is 5.82 Å². The van der Waals surface area contributed by atoms with Crippen molar-refractivity contribution in [2.75, 3.05) is 6.61 Å². The van der Waals surface area contributed by atoms with E-state index < -0.39 is 0 Å². The number of ether oxygens (including phenoxy) is 1. The average molecular weight is 309 g/mol. The molecule has 0 aliphatic carbocycles. The fraction of sp³-hybridized carbons (Fsp3) is 0.500. The number of hydrogen-bond donors (Lipinski definition) is 1. The third-order valence-electron chi connectivity index (χ3n) is 3.47. The van der Waals surface area contributed by atoms with Crippen LogP contribution < -0.4 is 0 Å². The van der Waals surface area contributed by atoms with E-state index in [2.05, 4.69) is 32.0 Å². The van der Waals surface area contributed by atoms with E-state index in [0.717, 1.165) is 40.8 Å². The normalized spacial score (nSPS) is 20.4. The molecular weight excluding hydrogens is 292 g/mol. The Morgan fingerprint density at radius 2 is 2.33 bits per heavy atom. The number of aromatic amines is 1. The molecule has 18 heavy (non-hydrogen) atoms. The number of nitrogens with one attached hydrogen (secondary N) is 1. The average Bonchev–Trinajstić information content (AvgIpc) is 2.79. The number of halogens is 1. The van der Waals surface area contributed by atoms with Crippen molar-refractivity contribution in [2.45, 2.75) is 38.2 Å². The maximum absolute atomic E-state index is 5.74. The maximum Gasteiger partial charge on any atom is 0.107 e. The summed E-state index contributed by atoms with van der Waals surface area (Å²) < 4.78 is 6.83. The van der Waals surface area contributed by atoms with E-state index in [1.807, 2.05) is 12.1 Å². The van der Waals surface area contributed by atoms with E-state index in [4.69, 9.17) is 4.74 Å². The first-order valence-corrected chi connectivity index (χ1v) is 7.36. The Bertz CT molecular complexity index is 532. The molecule has 0 saturated carbocycles. The SMILES string of the molecule is Brc1ccc2nc(CCC3CCCCO3)[nH]c2c1. The van der Waals surface area contributed by atoms with Crippen molar-refractivity contribution in [3.63, 3.8) is 0 Å². The Kier molecular flexibility index (Phi) is 3.66. The van der Waals surface area contributed by atoms with Crippen LogP contribution >= 0.6 is 15.9 Å². The van der Waals surface area contributed by atoms with Crippen LogP contribution in [-0.4, -0.2) is 22.7 Å². The van der Waals surface area contributed by atoms with Crippen molar-refractivity contribution in [1.82, 2.24) is 9.97 Å². The van der Waals surface area contributed by atoms with Gasteiger partial charge < -0.3 is 9.72 Å². The zero-order valence-corrected chi connectivity index (χ0v) is 11.9. The fourth-order valence-corrected chi connectivity index (χ4v) is 2.85. The fourth-order valence-electron chi connectivity index (χ4n) is 2.49. The van der Waals surface area contributed by atoms with Gasteiger partial charge in [0.05, 0.1) is 17.1 Å². The molecule has 1 aliphatic heterocycles. The molecule has 0 radical (unpaired) electrons. The van der Waals surface area contributed by atoms with Crippen LogP contribution in [0.3, 0.4) is 0 Å². The highest BCUT2D eigenvalue weighted by atomic mass is 79.9. The van der Waals surface area contributed by atoms with Crippen molar-refractivity contribution < 1.29 is 4.74 Å². The molecule has 2 heterocycles. The number of hydrogen-bond acceptors (Lipinski definition) is 2. The molecule has 3 rings (SSSR count). The summed E-state index contributed by atoms with van der Waals surface area (Å²) in [6.45, 7) is 0.928. The Morgan fingerprint density at radius 1 is 1.39 bits per heavy atom. The van der Waals surface area contributed by atoms with Crippen molar-refractivity contribution in [3.05, 3.63) is 28.5 Å². The summed E-state index contributed by atoms with van der Waals surface area (Å²) in [6, 6.07) is 6.14. The van der Waals surface area contributed by atoms with Gasteiger partial charge >= 0.3 is 0 Å². The van der Waals surface area contributed by atoms with Crippen molar-refractivity contribution in [3.8, 4) is 0 Å². The van der Waals surface area contributed by atoms with Crippen LogP contribution in [0.4, 0.5) is 0 Å². The standard InChI is InChI=1S/C14H17BrN2O/c15-10-4-6-12-13(9-10)17-14(16-12)7-5-11-3-1-2-8-18-11/h4,6,9,11H,1-3,5,7-8H2,(H,16,17). The lowest BCUT2D eigenvalue weighted by Crippen LogP contribution is -2.19. The predicted octanol–water partition coefficient (Wildman–Crippen LogP) is 3.83. The molecule has 1 saturated heterocycles. The molecule has 4 heteroatoms. The van der Waals surface area contributed by atoms with Gasteiger partial charge in [0.2, 0.25) is 0 Å². The van der Waals surface area contributed by atoms with E-state index in [9.17, 15) is 0 Å². The van der Waals surface area contributed by atoms with Gasteiger partial charge in [-0.1, -0.05) is 15.9 Å². The molecule has 3 nitrogen and oxygen atoms in total. The van der Waals surface area contributed by atoms with Crippen LogP contribution in [0.15, 0.2) is 22.7 Å². The van der Waals surface area contributed by atoms with Crippen molar-refractivity contribution in [2.24, 2.45) is 0 Å². The molecule has 1 N–H and O–H groups in total. The molecule has 1 aromatic carbocycles. The first-order valence-electron chi connectivity index (χ1n) is 6.57. The summed E-state index contributed by atoms with van der Waals surface area (Å²) >= 11 is 3.48. The molecule has 1 aromatic heterocycles. The highest BCUT2D eigenvalue weighted by Crippen LogP contribution is 2.20. The molecule has 1 aliphatic rings. The molecule has 2 aromatic rings. The minimum Gasteiger partial charge on any atom is -0.378 e. The van der Waals surface area contributed by atoms with E-state index in [1.54, 1.807) is 0 Å². The van der Waals surface area contributed by atoms with Gasteiger partial charge in [-0.2, -0.15) is 0 Å². The van der Waals surface area contributed by atoms with Crippen LogP contribution in [0, 0.1) is 0 Å².